The molecule has 5 heteroatoms. The van der Waals surface area contributed by atoms with E-state index in [4.69, 9.17) is 17.0 Å². The first kappa shape index (κ1) is 10.9. The molecule has 0 aliphatic rings. The topological polar surface area (TPSA) is 53.7 Å². The summed E-state index contributed by atoms with van der Waals surface area (Å²) < 4.78 is 6.02. The van der Waals surface area contributed by atoms with Crippen molar-refractivity contribution in [2.24, 2.45) is 0 Å². The fourth-order valence-electron chi connectivity index (χ4n) is 1.33. The van der Waals surface area contributed by atoms with E-state index in [9.17, 15) is 0 Å². The van der Waals surface area contributed by atoms with Crippen molar-refractivity contribution in [3.8, 4) is 5.75 Å². The summed E-state index contributed by atoms with van der Waals surface area (Å²) >= 11 is 4.85. The Morgan fingerprint density at radius 1 is 1.25 bits per heavy atom. The van der Waals surface area contributed by atoms with Crippen molar-refractivity contribution in [2.45, 2.75) is 20.5 Å². The maximum atomic E-state index is 5.58. The molecule has 2 aromatic rings. The molecule has 0 saturated carbocycles. The lowest BCUT2D eigenvalue weighted by Gasteiger charge is -2.06. The van der Waals surface area contributed by atoms with Crippen molar-refractivity contribution in [2.75, 3.05) is 0 Å². The minimum Gasteiger partial charge on any atom is -0.486 e. The maximum absolute atomic E-state index is 5.58. The molecule has 0 saturated heterocycles. The Hall–Kier alpha value is -1.62. The van der Waals surface area contributed by atoms with Gasteiger partial charge in [-0.15, -0.1) is 0 Å². The van der Waals surface area contributed by atoms with Gasteiger partial charge in [0.1, 0.15) is 12.4 Å². The molecule has 4 nitrogen and oxygen atoms in total. The summed E-state index contributed by atoms with van der Waals surface area (Å²) in [5.74, 6) is 1.54. The first-order chi connectivity index (χ1) is 7.65. The molecule has 0 spiro atoms. The minimum atomic E-state index is 0.385. The number of hydrogen-bond donors (Lipinski definition) is 2. The van der Waals surface area contributed by atoms with Crippen LogP contribution in [0.25, 0.3) is 0 Å². The SMILES string of the molecule is Cc1ccc(OCc2nc(=S)[nH][nH]2)cc1C. The van der Waals surface area contributed by atoms with Crippen molar-refractivity contribution >= 4 is 12.2 Å². The number of hydrogen-bond acceptors (Lipinski definition) is 3. The average molecular weight is 235 g/mol. The quantitative estimate of drug-likeness (QED) is 0.804. The highest BCUT2D eigenvalue weighted by atomic mass is 32.1. The lowest BCUT2D eigenvalue weighted by atomic mass is 10.1. The summed E-state index contributed by atoms with van der Waals surface area (Å²) in [5.41, 5.74) is 2.47. The number of aromatic nitrogens is 3. The Labute approximate surface area is 98.7 Å². The standard InChI is InChI=1S/C11H13N3OS/c1-7-3-4-9(5-8(7)2)15-6-10-12-11(16)14-13-10/h3-5H,6H2,1-2H3,(H2,12,13,14,16). The van der Waals surface area contributed by atoms with Gasteiger partial charge in [0.2, 0.25) is 4.77 Å². The summed E-state index contributed by atoms with van der Waals surface area (Å²) in [4.78, 5) is 4.04. The number of ether oxygens (including phenoxy) is 1. The van der Waals surface area contributed by atoms with Crippen molar-refractivity contribution in [3.05, 3.63) is 39.9 Å². The van der Waals surface area contributed by atoms with Crippen LogP contribution in [0.2, 0.25) is 0 Å². The molecule has 0 fully saturated rings. The Morgan fingerprint density at radius 3 is 2.69 bits per heavy atom. The second-order valence-corrected chi connectivity index (χ2v) is 4.04. The van der Waals surface area contributed by atoms with Crippen LogP contribution in [0.5, 0.6) is 5.75 Å². The highest BCUT2D eigenvalue weighted by molar-refractivity contribution is 7.71. The lowest BCUT2D eigenvalue weighted by Crippen LogP contribution is -1.98. The normalized spacial score (nSPS) is 10.4. The Bertz CT molecular complexity index is 544. The molecule has 0 amide bonds. The molecule has 1 aromatic carbocycles. The van der Waals surface area contributed by atoms with Gasteiger partial charge in [-0.1, -0.05) is 6.07 Å². The van der Waals surface area contributed by atoms with E-state index in [1.54, 1.807) is 0 Å². The van der Waals surface area contributed by atoms with Gasteiger partial charge in [0.05, 0.1) is 0 Å². The number of benzene rings is 1. The molecule has 2 N–H and O–H groups in total. The Morgan fingerprint density at radius 2 is 2.06 bits per heavy atom. The molecule has 1 aromatic heterocycles. The van der Waals surface area contributed by atoms with Gasteiger partial charge in [0.25, 0.3) is 0 Å². The zero-order valence-corrected chi connectivity index (χ0v) is 10.0. The smallest absolute Gasteiger partial charge is 0.213 e. The van der Waals surface area contributed by atoms with Gasteiger partial charge >= 0.3 is 0 Å². The molecule has 0 radical (unpaired) electrons. The summed E-state index contributed by atoms with van der Waals surface area (Å²) in [7, 11) is 0. The van der Waals surface area contributed by atoms with Crippen LogP contribution in [0, 0.1) is 18.6 Å². The molecule has 0 unspecified atom stereocenters. The van der Waals surface area contributed by atoms with Gasteiger partial charge in [-0.3, -0.25) is 10.2 Å². The molecule has 0 bridgehead atoms. The van der Waals surface area contributed by atoms with Gasteiger partial charge in [-0.05, 0) is 49.3 Å². The monoisotopic (exact) mass is 235 g/mol. The molecule has 84 valence electrons. The minimum absolute atomic E-state index is 0.385. The second-order valence-electron chi connectivity index (χ2n) is 3.65. The van der Waals surface area contributed by atoms with Crippen LogP contribution in [-0.2, 0) is 6.61 Å². The van der Waals surface area contributed by atoms with Gasteiger partial charge < -0.3 is 4.74 Å². The van der Waals surface area contributed by atoms with Gasteiger partial charge in [0.15, 0.2) is 5.82 Å². The predicted molar refractivity (Wildman–Crippen MR) is 64.0 cm³/mol. The van der Waals surface area contributed by atoms with E-state index in [2.05, 4.69) is 29.0 Å². The van der Waals surface area contributed by atoms with Gasteiger partial charge in [-0.25, -0.2) is 4.98 Å². The molecule has 0 aliphatic carbocycles. The zero-order valence-electron chi connectivity index (χ0n) is 9.20. The van der Waals surface area contributed by atoms with Crippen LogP contribution in [0.1, 0.15) is 17.0 Å². The lowest BCUT2D eigenvalue weighted by molar-refractivity contribution is 0.296. The van der Waals surface area contributed by atoms with E-state index in [1.165, 1.54) is 11.1 Å². The summed E-state index contributed by atoms with van der Waals surface area (Å²) in [6.07, 6.45) is 0. The van der Waals surface area contributed by atoms with Crippen LogP contribution in [0.3, 0.4) is 0 Å². The molecule has 16 heavy (non-hydrogen) atoms. The first-order valence-corrected chi connectivity index (χ1v) is 5.39. The largest absolute Gasteiger partial charge is 0.486 e. The van der Waals surface area contributed by atoms with Crippen molar-refractivity contribution < 1.29 is 4.74 Å². The number of H-pyrrole nitrogens is 2. The number of aryl methyl sites for hydroxylation is 2. The van der Waals surface area contributed by atoms with Gasteiger partial charge in [-0.2, -0.15) is 0 Å². The summed E-state index contributed by atoms with van der Waals surface area (Å²) in [6.45, 7) is 4.52. The molecular weight excluding hydrogens is 222 g/mol. The summed E-state index contributed by atoms with van der Waals surface area (Å²) in [5, 5.41) is 5.56. The van der Waals surface area contributed by atoms with Crippen LogP contribution in [0.4, 0.5) is 0 Å². The van der Waals surface area contributed by atoms with E-state index < -0.39 is 0 Å². The van der Waals surface area contributed by atoms with Crippen molar-refractivity contribution in [1.82, 2.24) is 15.2 Å². The third-order valence-corrected chi connectivity index (χ3v) is 2.60. The molecule has 2 rings (SSSR count). The van der Waals surface area contributed by atoms with E-state index in [0.29, 0.717) is 17.2 Å². The molecule has 0 atom stereocenters. The van der Waals surface area contributed by atoms with E-state index >= 15 is 0 Å². The molecular formula is C11H13N3OS. The summed E-state index contributed by atoms with van der Waals surface area (Å²) in [6, 6.07) is 6.00. The third kappa shape index (κ3) is 2.49. The number of nitrogens with one attached hydrogen (secondary N) is 2. The van der Waals surface area contributed by atoms with Crippen LogP contribution in [0.15, 0.2) is 18.2 Å². The van der Waals surface area contributed by atoms with E-state index in [0.717, 1.165) is 5.75 Å². The predicted octanol–water partition coefficient (Wildman–Crippen LogP) is 2.66. The number of aromatic amines is 2. The molecule has 0 aliphatic heterocycles. The fraction of sp³-hybridized carbons (Fsp3) is 0.273. The van der Waals surface area contributed by atoms with Gasteiger partial charge in [0, 0.05) is 0 Å². The van der Waals surface area contributed by atoms with E-state index in [1.807, 2.05) is 18.2 Å². The van der Waals surface area contributed by atoms with E-state index in [-0.39, 0.29) is 0 Å². The highest BCUT2D eigenvalue weighted by Gasteiger charge is 2.00. The van der Waals surface area contributed by atoms with Crippen LogP contribution in [-0.4, -0.2) is 15.2 Å². The Kier molecular flexibility index (Phi) is 3.05. The maximum Gasteiger partial charge on any atom is 0.213 e. The first-order valence-electron chi connectivity index (χ1n) is 4.99. The fourth-order valence-corrected chi connectivity index (χ4v) is 1.49. The zero-order chi connectivity index (χ0) is 11.5. The van der Waals surface area contributed by atoms with Crippen molar-refractivity contribution in [3.63, 3.8) is 0 Å². The number of nitrogens with zero attached hydrogens (tertiary/aromatic N) is 1. The van der Waals surface area contributed by atoms with Crippen molar-refractivity contribution in [1.29, 1.82) is 0 Å². The second kappa shape index (κ2) is 4.49. The highest BCUT2D eigenvalue weighted by Crippen LogP contribution is 2.16. The third-order valence-electron chi connectivity index (χ3n) is 2.40. The molecule has 1 heterocycles. The van der Waals surface area contributed by atoms with Crippen LogP contribution >= 0.6 is 12.2 Å². The Balaban J connectivity index is 2.04. The van der Waals surface area contributed by atoms with Crippen LogP contribution < -0.4 is 4.74 Å². The average Bonchev–Trinajstić information content (AvgIpc) is 2.66. The number of rotatable bonds is 3.